The van der Waals surface area contributed by atoms with E-state index in [0.29, 0.717) is 18.0 Å². The van der Waals surface area contributed by atoms with Gasteiger partial charge in [0, 0.05) is 12.4 Å². The summed E-state index contributed by atoms with van der Waals surface area (Å²) < 4.78 is 11.5. The van der Waals surface area contributed by atoms with Crippen LogP contribution in [0.4, 0.5) is 0 Å². The molecule has 0 radical (unpaired) electrons. The quantitative estimate of drug-likeness (QED) is 0.712. The van der Waals surface area contributed by atoms with Gasteiger partial charge in [-0.2, -0.15) is 0 Å². The average Bonchev–Trinajstić information content (AvgIpc) is 2.95. The molecule has 5 heteroatoms. The molecule has 0 unspecified atom stereocenters. The molecule has 0 aliphatic rings. The Hall–Kier alpha value is -2.82. The van der Waals surface area contributed by atoms with Gasteiger partial charge in [0.25, 0.3) is 5.91 Å². The number of amides is 1. The molecule has 1 aromatic carbocycles. The van der Waals surface area contributed by atoms with Gasteiger partial charge in [0.05, 0.1) is 12.7 Å². The lowest BCUT2D eigenvalue weighted by Gasteiger charge is -2.21. The first-order chi connectivity index (χ1) is 11.8. The topological polar surface area (TPSA) is 55.6 Å². The number of hydrogen-bond donors (Lipinski definition) is 0. The number of carbonyl (C=O) groups is 1. The van der Waals surface area contributed by atoms with Crippen LogP contribution in [0.1, 0.15) is 37.0 Å². The standard InChI is InChI=1S/C20H22N2O3/c1-20(2,3)25-15-9-10-17(21-12-15)19(23)22(4)13-16-11-14-7-5-6-8-18(14)24-16/h5-12H,13H2,1-4H3. The number of benzene rings is 1. The Bertz CT molecular complexity index is 843. The van der Waals surface area contributed by atoms with E-state index in [-0.39, 0.29) is 11.5 Å². The predicted octanol–water partition coefficient (Wildman–Crippen LogP) is 4.28. The molecule has 1 amide bonds. The minimum Gasteiger partial charge on any atom is -0.487 e. The fourth-order valence-corrected chi connectivity index (χ4v) is 2.54. The Balaban J connectivity index is 1.69. The number of carbonyl (C=O) groups excluding carboxylic acids is 1. The number of nitrogens with zero attached hydrogens (tertiary/aromatic N) is 2. The molecule has 130 valence electrons. The first-order valence-electron chi connectivity index (χ1n) is 8.20. The summed E-state index contributed by atoms with van der Waals surface area (Å²) in [5.74, 6) is 1.22. The molecule has 0 aliphatic carbocycles. The van der Waals surface area contributed by atoms with Gasteiger partial charge in [-0.05, 0) is 45.0 Å². The zero-order valence-corrected chi connectivity index (χ0v) is 14.9. The van der Waals surface area contributed by atoms with E-state index in [4.69, 9.17) is 9.15 Å². The first kappa shape index (κ1) is 17.0. The normalized spacial score (nSPS) is 11.5. The summed E-state index contributed by atoms with van der Waals surface area (Å²) >= 11 is 0. The Labute approximate surface area is 147 Å². The summed E-state index contributed by atoms with van der Waals surface area (Å²) in [7, 11) is 1.73. The van der Waals surface area contributed by atoms with Crippen LogP contribution in [0, 0.1) is 0 Å². The van der Waals surface area contributed by atoms with Crippen molar-refractivity contribution in [3.63, 3.8) is 0 Å². The average molecular weight is 338 g/mol. The Morgan fingerprint density at radius 1 is 1.20 bits per heavy atom. The van der Waals surface area contributed by atoms with Crippen LogP contribution in [0.5, 0.6) is 5.75 Å². The van der Waals surface area contributed by atoms with E-state index < -0.39 is 0 Å². The van der Waals surface area contributed by atoms with E-state index in [0.717, 1.165) is 16.7 Å². The van der Waals surface area contributed by atoms with Crippen molar-refractivity contribution in [1.29, 1.82) is 0 Å². The molecule has 5 nitrogen and oxygen atoms in total. The second-order valence-electron chi connectivity index (χ2n) is 7.01. The highest BCUT2D eigenvalue weighted by atomic mass is 16.5. The largest absolute Gasteiger partial charge is 0.487 e. The maximum absolute atomic E-state index is 12.5. The molecule has 0 atom stereocenters. The second-order valence-corrected chi connectivity index (χ2v) is 7.01. The van der Waals surface area contributed by atoms with E-state index in [1.165, 1.54) is 0 Å². The maximum atomic E-state index is 12.5. The molecule has 2 heterocycles. The van der Waals surface area contributed by atoms with Gasteiger partial charge in [0.15, 0.2) is 0 Å². The molecule has 0 spiro atoms. The van der Waals surface area contributed by atoms with Crippen LogP contribution < -0.4 is 4.74 Å². The van der Waals surface area contributed by atoms with Crippen molar-refractivity contribution in [2.75, 3.05) is 7.05 Å². The predicted molar refractivity (Wildman–Crippen MR) is 96.6 cm³/mol. The summed E-state index contributed by atoms with van der Waals surface area (Å²) in [4.78, 5) is 18.4. The molecule has 0 N–H and O–H groups in total. The van der Waals surface area contributed by atoms with E-state index in [1.54, 1.807) is 30.3 Å². The van der Waals surface area contributed by atoms with Crippen LogP contribution in [-0.4, -0.2) is 28.4 Å². The highest BCUT2D eigenvalue weighted by Gasteiger charge is 2.17. The third kappa shape index (κ3) is 4.18. The molecular weight excluding hydrogens is 316 g/mol. The molecule has 2 aromatic heterocycles. The van der Waals surface area contributed by atoms with Crippen molar-refractivity contribution in [2.45, 2.75) is 32.9 Å². The third-order valence-electron chi connectivity index (χ3n) is 3.60. The lowest BCUT2D eigenvalue weighted by molar-refractivity contribution is 0.0770. The number of rotatable bonds is 4. The fraction of sp³-hybridized carbons (Fsp3) is 0.300. The smallest absolute Gasteiger partial charge is 0.272 e. The van der Waals surface area contributed by atoms with E-state index >= 15 is 0 Å². The zero-order valence-electron chi connectivity index (χ0n) is 14.9. The SMILES string of the molecule is CN(Cc1cc2ccccc2o1)C(=O)c1ccc(OC(C)(C)C)cn1. The van der Waals surface area contributed by atoms with Crippen LogP contribution in [0.2, 0.25) is 0 Å². The van der Waals surface area contributed by atoms with Crippen LogP contribution in [-0.2, 0) is 6.54 Å². The van der Waals surface area contributed by atoms with Crippen molar-refractivity contribution in [2.24, 2.45) is 0 Å². The van der Waals surface area contributed by atoms with Gasteiger partial charge < -0.3 is 14.1 Å². The van der Waals surface area contributed by atoms with Crippen LogP contribution >= 0.6 is 0 Å². The van der Waals surface area contributed by atoms with Crippen LogP contribution in [0.3, 0.4) is 0 Å². The lowest BCUT2D eigenvalue weighted by Crippen LogP contribution is -2.27. The number of furan rings is 1. The van der Waals surface area contributed by atoms with E-state index in [1.807, 2.05) is 51.1 Å². The van der Waals surface area contributed by atoms with Crippen LogP contribution in [0.15, 0.2) is 53.1 Å². The summed E-state index contributed by atoms with van der Waals surface area (Å²) in [5.41, 5.74) is 0.894. The first-order valence-corrected chi connectivity index (χ1v) is 8.20. The highest BCUT2D eigenvalue weighted by Crippen LogP contribution is 2.21. The summed E-state index contributed by atoms with van der Waals surface area (Å²) in [6, 6.07) is 13.2. The van der Waals surface area contributed by atoms with Gasteiger partial charge in [0.1, 0.15) is 28.4 Å². The highest BCUT2D eigenvalue weighted by molar-refractivity contribution is 5.92. The molecule has 0 saturated heterocycles. The van der Waals surface area contributed by atoms with Crippen molar-refractivity contribution in [3.05, 3.63) is 60.1 Å². The molecule has 25 heavy (non-hydrogen) atoms. The van der Waals surface area contributed by atoms with Gasteiger partial charge in [0.2, 0.25) is 0 Å². The third-order valence-corrected chi connectivity index (χ3v) is 3.60. The summed E-state index contributed by atoms with van der Waals surface area (Å²) in [6.45, 7) is 6.28. The maximum Gasteiger partial charge on any atom is 0.272 e. The number of aromatic nitrogens is 1. The molecule has 0 aliphatic heterocycles. The van der Waals surface area contributed by atoms with Crippen LogP contribution in [0.25, 0.3) is 11.0 Å². The Morgan fingerprint density at radius 3 is 2.60 bits per heavy atom. The number of pyridine rings is 1. The fourth-order valence-electron chi connectivity index (χ4n) is 2.54. The monoisotopic (exact) mass is 338 g/mol. The van der Waals surface area contributed by atoms with Gasteiger partial charge in [-0.3, -0.25) is 4.79 Å². The van der Waals surface area contributed by atoms with Gasteiger partial charge >= 0.3 is 0 Å². The number of fused-ring (bicyclic) bond motifs is 1. The molecule has 3 rings (SSSR count). The number of ether oxygens (including phenoxy) is 1. The molecule has 3 aromatic rings. The minimum atomic E-state index is -0.300. The number of hydrogen-bond acceptors (Lipinski definition) is 4. The summed E-state index contributed by atoms with van der Waals surface area (Å²) in [6.07, 6.45) is 1.58. The molecule has 0 fully saturated rings. The van der Waals surface area contributed by atoms with Gasteiger partial charge in [-0.1, -0.05) is 18.2 Å². The number of para-hydroxylation sites is 1. The zero-order chi connectivity index (χ0) is 18.0. The van der Waals surface area contributed by atoms with Crippen molar-refractivity contribution in [1.82, 2.24) is 9.88 Å². The Morgan fingerprint density at radius 2 is 1.96 bits per heavy atom. The molecule has 0 saturated carbocycles. The minimum absolute atomic E-state index is 0.164. The second kappa shape index (κ2) is 6.59. The van der Waals surface area contributed by atoms with Crippen molar-refractivity contribution in [3.8, 4) is 5.75 Å². The van der Waals surface area contributed by atoms with Crippen molar-refractivity contribution < 1.29 is 13.9 Å². The van der Waals surface area contributed by atoms with Gasteiger partial charge in [-0.15, -0.1) is 0 Å². The summed E-state index contributed by atoms with van der Waals surface area (Å²) in [5, 5.41) is 1.03. The van der Waals surface area contributed by atoms with E-state index in [2.05, 4.69) is 4.98 Å². The van der Waals surface area contributed by atoms with Gasteiger partial charge in [-0.25, -0.2) is 4.98 Å². The molecule has 0 bridgehead atoms. The van der Waals surface area contributed by atoms with E-state index in [9.17, 15) is 4.79 Å². The molecular formula is C20H22N2O3. The lowest BCUT2D eigenvalue weighted by atomic mass is 10.2. The van der Waals surface area contributed by atoms with Crippen molar-refractivity contribution >= 4 is 16.9 Å². The Kier molecular flexibility index (Phi) is 4.49.